The van der Waals surface area contributed by atoms with Crippen molar-refractivity contribution in [3.8, 4) is 0 Å². The number of likely N-dealkylation sites (tertiary alicyclic amines) is 1. The summed E-state index contributed by atoms with van der Waals surface area (Å²) in [6.07, 6.45) is 4.48. The summed E-state index contributed by atoms with van der Waals surface area (Å²) in [4.78, 5) is 19.9. The Bertz CT molecular complexity index is 1030. The number of nitrogens with one attached hydrogen (secondary N) is 1. The van der Waals surface area contributed by atoms with Gasteiger partial charge in [0.2, 0.25) is 0 Å². The molecular weight excluding hydrogens is 403 g/mol. The fourth-order valence-electron chi connectivity index (χ4n) is 4.07. The number of carbonyl (C=O) groups excluding carboxylic acids is 1. The third kappa shape index (κ3) is 4.65. The van der Waals surface area contributed by atoms with Crippen molar-refractivity contribution in [2.24, 2.45) is 5.92 Å². The lowest BCUT2D eigenvalue weighted by molar-refractivity contribution is 0.0928. The molecule has 0 atom stereocenters. The lowest BCUT2D eigenvalue weighted by Crippen LogP contribution is -2.38. The Morgan fingerprint density at radius 1 is 1.20 bits per heavy atom. The first-order valence-electron chi connectivity index (χ1n) is 10.4. The first-order valence-corrected chi connectivity index (χ1v) is 10.8. The van der Waals surface area contributed by atoms with Crippen LogP contribution in [-0.4, -0.2) is 39.8 Å². The van der Waals surface area contributed by atoms with Crippen LogP contribution in [0.5, 0.6) is 0 Å². The molecule has 158 valence electrons. The second-order valence-corrected chi connectivity index (χ2v) is 8.33. The number of aromatic nitrogens is 2. The van der Waals surface area contributed by atoms with Crippen LogP contribution in [0, 0.1) is 11.7 Å². The quantitative estimate of drug-likeness (QED) is 0.635. The number of rotatable bonds is 6. The van der Waals surface area contributed by atoms with Crippen molar-refractivity contribution < 1.29 is 9.18 Å². The van der Waals surface area contributed by atoms with Gasteiger partial charge in [-0.15, -0.1) is 0 Å². The number of aryl methyl sites for hydroxylation is 1. The van der Waals surface area contributed by atoms with Gasteiger partial charge < -0.3 is 5.32 Å². The monoisotopic (exact) mass is 428 g/mol. The smallest absolute Gasteiger partial charge is 0.270 e. The molecule has 4 rings (SSSR count). The summed E-state index contributed by atoms with van der Waals surface area (Å²) >= 11 is 6.12. The van der Waals surface area contributed by atoms with Gasteiger partial charge in [-0.3, -0.25) is 14.1 Å². The van der Waals surface area contributed by atoms with E-state index in [9.17, 15) is 9.18 Å². The fraction of sp³-hybridized carbons (Fsp3) is 0.391. The van der Waals surface area contributed by atoms with Gasteiger partial charge in [-0.25, -0.2) is 9.37 Å². The van der Waals surface area contributed by atoms with E-state index in [2.05, 4.69) is 15.2 Å². The summed E-state index contributed by atoms with van der Waals surface area (Å²) in [5.41, 5.74) is 3.21. The molecule has 3 aromatic rings. The maximum absolute atomic E-state index is 13.1. The first-order chi connectivity index (χ1) is 14.5. The zero-order chi connectivity index (χ0) is 21.1. The minimum atomic E-state index is -0.201. The predicted octanol–water partition coefficient (Wildman–Crippen LogP) is 4.33. The molecule has 1 aromatic carbocycles. The molecule has 3 heterocycles. The highest BCUT2D eigenvalue weighted by Gasteiger charge is 2.22. The third-order valence-corrected chi connectivity index (χ3v) is 6.01. The van der Waals surface area contributed by atoms with Gasteiger partial charge >= 0.3 is 0 Å². The molecule has 0 spiro atoms. The van der Waals surface area contributed by atoms with Gasteiger partial charge in [0.1, 0.15) is 17.2 Å². The topological polar surface area (TPSA) is 49.6 Å². The number of hydrogen-bond donors (Lipinski definition) is 1. The number of nitrogens with zero attached hydrogens (tertiary/aromatic N) is 3. The van der Waals surface area contributed by atoms with Crippen molar-refractivity contribution in [1.82, 2.24) is 19.6 Å². The molecule has 0 unspecified atom stereocenters. The maximum atomic E-state index is 13.1. The number of fused-ring (bicyclic) bond motifs is 1. The Labute approximate surface area is 180 Å². The van der Waals surface area contributed by atoms with Gasteiger partial charge in [-0.2, -0.15) is 0 Å². The van der Waals surface area contributed by atoms with Gasteiger partial charge in [0.15, 0.2) is 0 Å². The summed E-state index contributed by atoms with van der Waals surface area (Å²) < 4.78 is 14.8. The number of imidazole rings is 1. The number of piperidine rings is 1. The summed E-state index contributed by atoms with van der Waals surface area (Å²) in [6, 6.07) is 10.3. The molecule has 0 bridgehead atoms. The Morgan fingerprint density at radius 2 is 1.93 bits per heavy atom. The number of hydrogen-bond acceptors (Lipinski definition) is 3. The molecule has 1 fully saturated rings. The Kier molecular flexibility index (Phi) is 6.35. The van der Waals surface area contributed by atoms with Crippen molar-refractivity contribution in [1.29, 1.82) is 0 Å². The molecule has 0 aliphatic carbocycles. The second-order valence-electron chi connectivity index (χ2n) is 7.89. The van der Waals surface area contributed by atoms with E-state index in [0.717, 1.165) is 49.4 Å². The molecule has 1 amide bonds. The van der Waals surface area contributed by atoms with E-state index in [4.69, 9.17) is 11.6 Å². The van der Waals surface area contributed by atoms with Crippen LogP contribution in [0.3, 0.4) is 0 Å². The zero-order valence-corrected chi connectivity index (χ0v) is 17.8. The molecule has 1 aliphatic heterocycles. The summed E-state index contributed by atoms with van der Waals surface area (Å²) in [5.74, 6) is 0.147. The van der Waals surface area contributed by atoms with E-state index in [1.54, 1.807) is 16.7 Å². The number of benzene rings is 1. The van der Waals surface area contributed by atoms with Gasteiger partial charge in [-0.05, 0) is 68.1 Å². The molecule has 2 aromatic heterocycles. The van der Waals surface area contributed by atoms with Crippen LogP contribution in [0.15, 0.2) is 42.6 Å². The van der Waals surface area contributed by atoms with E-state index >= 15 is 0 Å². The molecule has 1 saturated heterocycles. The normalized spacial score (nSPS) is 15.6. The molecular formula is C23H26ClFN4O. The first kappa shape index (κ1) is 20.8. The van der Waals surface area contributed by atoms with Crippen molar-refractivity contribution >= 4 is 23.2 Å². The standard InChI is InChI=1S/C23H26ClFN4O/c1-2-20-22(29-15-18(24)5-8-21(29)27-20)23(30)26-13-16-9-11-28(12-10-16)14-17-3-6-19(25)7-4-17/h3-8,15-16H,2,9-14H2,1H3,(H,26,30). The molecule has 1 N–H and O–H groups in total. The Hall–Kier alpha value is -2.44. The van der Waals surface area contributed by atoms with Gasteiger partial charge in [-0.1, -0.05) is 30.7 Å². The van der Waals surface area contributed by atoms with Crippen LogP contribution in [0.2, 0.25) is 5.02 Å². The van der Waals surface area contributed by atoms with Crippen LogP contribution >= 0.6 is 11.6 Å². The summed E-state index contributed by atoms with van der Waals surface area (Å²) in [5, 5.41) is 3.68. The van der Waals surface area contributed by atoms with E-state index in [0.29, 0.717) is 29.6 Å². The van der Waals surface area contributed by atoms with Crippen molar-refractivity contribution in [3.63, 3.8) is 0 Å². The average molecular weight is 429 g/mol. The van der Waals surface area contributed by atoms with E-state index < -0.39 is 0 Å². The van der Waals surface area contributed by atoms with Crippen molar-refractivity contribution in [2.45, 2.75) is 32.7 Å². The lowest BCUT2D eigenvalue weighted by atomic mass is 9.96. The molecule has 1 aliphatic rings. The number of halogens is 2. The molecule has 5 nitrogen and oxygen atoms in total. The van der Waals surface area contributed by atoms with Gasteiger partial charge in [0, 0.05) is 19.3 Å². The minimum Gasteiger partial charge on any atom is -0.350 e. The van der Waals surface area contributed by atoms with Crippen LogP contribution in [0.1, 0.15) is 41.5 Å². The van der Waals surface area contributed by atoms with E-state index in [1.165, 1.54) is 12.1 Å². The molecule has 30 heavy (non-hydrogen) atoms. The van der Waals surface area contributed by atoms with Crippen LogP contribution in [0.4, 0.5) is 4.39 Å². The minimum absolute atomic E-state index is 0.102. The Morgan fingerprint density at radius 3 is 2.63 bits per heavy atom. The predicted molar refractivity (Wildman–Crippen MR) is 116 cm³/mol. The van der Waals surface area contributed by atoms with Crippen molar-refractivity contribution in [2.75, 3.05) is 19.6 Å². The lowest BCUT2D eigenvalue weighted by Gasteiger charge is -2.32. The SMILES string of the molecule is CCc1nc2ccc(Cl)cn2c1C(=O)NCC1CCN(Cc2ccc(F)cc2)CC1. The van der Waals surface area contributed by atoms with Crippen molar-refractivity contribution in [3.05, 3.63) is 70.4 Å². The highest BCUT2D eigenvalue weighted by atomic mass is 35.5. The molecule has 0 saturated carbocycles. The number of amides is 1. The second kappa shape index (κ2) is 9.14. The third-order valence-electron chi connectivity index (χ3n) is 5.78. The molecule has 7 heteroatoms. The highest BCUT2D eigenvalue weighted by Crippen LogP contribution is 2.20. The summed E-state index contributed by atoms with van der Waals surface area (Å²) in [6.45, 7) is 5.44. The number of pyridine rings is 1. The Balaban J connectivity index is 1.32. The average Bonchev–Trinajstić information content (AvgIpc) is 3.12. The number of carbonyl (C=O) groups is 1. The van der Waals surface area contributed by atoms with Crippen LogP contribution in [0.25, 0.3) is 5.65 Å². The largest absolute Gasteiger partial charge is 0.350 e. The van der Waals surface area contributed by atoms with E-state index in [1.807, 2.05) is 25.1 Å². The fourth-order valence-corrected chi connectivity index (χ4v) is 4.23. The maximum Gasteiger partial charge on any atom is 0.270 e. The van der Waals surface area contributed by atoms with Crippen LogP contribution < -0.4 is 5.32 Å². The zero-order valence-electron chi connectivity index (χ0n) is 17.1. The van der Waals surface area contributed by atoms with Gasteiger partial charge in [0.05, 0.1) is 10.7 Å². The van der Waals surface area contributed by atoms with Crippen LogP contribution in [-0.2, 0) is 13.0 Å². The van der Waals surface area contributed by atoms with E-state index in [-0.39, 0.29) is 11.7 Å². The van der Waals surface area contributed by atoms with Gasteiger partial charge in [0.25, 0.3) is 5.91 Å². The molecule has 0 radical (unpaired) electrons. The summed E-state index contributed by atoms with van der Waals surface area (Å²) in [7, 11) is 0. The highest BCUT2D eigenvalue weighted by molar-refractivity contribution is 6.30.